The molecule has 0 saturated heterocycles. The molecule has 92 valence electrons. The highest BCUT2D eigenvalue weighted by molar-refractivity contribution is 6.01. The third-order valence-electron chi connectivity index (χ3n) is 2.21. The van der Waals surface area contributed by atoms with Crippen LogP contribution in [0.3, 0.4) is 0 Å². The topological polar surface area (TPSA) is 78.4 Å². The minimum atomic E-state index is -1.33. The first-order valence-corrected chi connectivity index (χ1v) is 4.97. The molecule has 0 aliphatic rings. The molecule has 1 atom stereocenters. The molecular weight excluding hydrogens is 227 g/mol. The van der Waals surface area contributed by atoms with Crippen molar-refractivity contribution >= 4 is 11.9 Å². The monoisotopic (exact) mass is 240 g/mol. The Morgan fingerprint density at radius 1 is 1.41 bits per heavy atom. The molecule has 1 aromatic carbocycles. The number of hydrogen-bond acceptors (Lipinski definition) is 3. The van der Waals surface area contributed by atoms with Crippen molar-refractivity contribution in [3.8, 4) is 0 Å². The van der Waals surface area contributed by atoms with E-state index in [-0.39, 0.29) is 6.54 Å². The number of carboxylic acid groups (broad SMARTS) is 1. The highest BCUT2D eigenvalue weighted by Crippen LogP contribution is 2.05. The van der Waals surface area contributed by atoms with Crippen LogP contribution in [0.1, 0.15) is 5.56 Å². The Morgan fingerprint density at radius 3 is 2.59 bits per heavy atom. The third-order valence-corrected chi connectivity index (χ3v) is 2.21. The molecule has 0 aliphatic heterocycles. The van der Waals surface area contributed by atoms with Crippen LogP contribution < -0.4 is 10.6 Å². The first-order valence-electron chi connectivity index (χ1n) is 4.97. The van der Waals surface area contributed by atoms with E-state index in [0.717, 1.165) is 0 Å². The van der Waals surface area contributed by atoms with E-state index in [2.05, 4.69) is 10.6 Å². The summed E-state index contributed by atoms with van der Waals surface area (Å²) in [5.74, 6) is -2.43. The lowest BCUT2D eigenvalue weighted by Crippen LogP contribution is -2.47. The summed E-state index contributed by atoms with van der Waals surface area (Å²) in [5, 5.41) is 13.4. The van der Waals surface area contributed by atoms with Crippen molar-refractivity contribution in [2.75, 3.05) is 7.05 Å². The third kappa shape index (κ3) is 3.53. The molecule has 5 nitrogen and oxygen atoms in total. The first-order chi connectivity index (χ1) is 8.06. The molecule has 1 amide bonds. The van der Waals surface area contributed by atoms with Gasteiger partial charge in [-0.05, 0) is 13.1 Å². The fourth-order valence-corrected chi connectivity index (χ4v) is 1.29. The summed E-state index contributed by atoms with van der Waals surface area (Å²) >= 11 is 0. The number of rotatable bonds is 5. The second-order valence-electron chi connectivity index (χ2n) is 3.37. The molecule has 0 radical (unpaired) electrons. The Hall–Kier alpha value is -1.95. The van der Waals surface area contributed by atoms with Crippen LogP contribution in [-0.2, 0) is 16.1 Å². The van der Waals surface area contributed by atoms with E-state index in [1.54, 1.807) is 6.07 Å². The predicted molar refractivity (Wildman–Crippen MR) is 58.7 cm³/mol. The molecule has 0 saturated carbocycles. The summed E-state index contributed by atoms with van der Waals surface area (Å²) < 4.78 is 13.2. The molecule has 1 unspecified atom stereocenters. The van der Waals surface area contributed by atoms with Gasteiger partial charge in [-0.2, -0.15) is 0 Å². The zero-order chi connectivity index (χ0) is 12.8. The van der Waals surface area contributed by atoms with Crippen LogP contribution in [0.15, 0.2) is 24.3 Å². The largest absolute Gasteiger partial charge is 0.480 e. The fraction of sp³-hybridized carbons (Fsp3) is 0.273. The van der Waals surface area contributed by atoms with Gasteiger partial charge in [0.15, 0.2) is 6.04 Å². The molecule has 0 aliphatic carbocycles. The Balaban J connectivity index is 2.59. The lowest BCUT2D eigenvalue weighted by atomic mass is 10.2. The van der Waals surface area contributed by atoms with Crippen LogP contribution in [0, 0.1) is 5.82 Å². The van der Waals surface area contributed by atoms with E-state index in [1.165, 1.54) is 25.2 Å². The van der Waals surface area contributed by atoms with Gasteiger partial charge in [0.2, 0.25) is 5.91 Å². The van der Waals surface area contributed by atoms with Crippen LogP contribution in [0.25, 0.3) is 0 Å². The Labute approximate surface area is 97.6 Å². The van der Waals surface area contributed by atoms with Crippen molar-refractivity contribution in [2.24, 2.45) is 0 Å². The summed E-state index contributed by atoms with van der Waals surface area (Å²) in [5.41, 5.74) is 0.307. The average molecular weight is 240 g/mol. The van der Waals surface area contributed by atoms with E-state index >= 15 is 0 Å². The maximum atomic E-state index is 13.2. The normalized spacial score (nSPS) is 11.9. The summed E-state index contributed by atoms with van der Waals surface area (Å²) in [7, 11) is 1.36. The smallest absolute Gasteiger partial charge is 0.330 e. The molecule has 0 spiro atoms. The molecule has 0 bridgehead atoms. The quantitative estimate of drug-likeness (QED) is 0.638. The highest BCUT2D eigenvalue weighted by atomic mass is 19.1. The van der Waals surface area contributed by atoms with E-state index in [4.69, 9.17) is 5.11 Å². The van der Waals surface area contributed by atoms with E-state index in [1.807, 2.05) is 0 Å². The average Bonchev–Trinajstić information content (AvgIpc) is 2.28. The van der Waals surface area contributed by atoms with Crippen molar-refractivity contribution in [1.82, 2.24) is 10.6 Å². The molecule has 3 N–H and O–H groups in total. The number of halogens is 1. The van der Waals surface area contributed by atoms with Gasteiger partial charge < -0.3 is 10.4 Å². The lowest BCUT2D eigenvalue weighted by Gasteiger charge is -2.11. The van der Waals surface area contributed by atoms with Gasteiger partial charge in [0.1, 0.15) is 5.82 Å². The summed E-state index contributed by atoms with van der Waals surface area (Å²) in [4.78, 5) is 22.1. The number of carbonyl (C=O) groups excluding carboxylic acids is 1. The predicted octanol–water partition coefficient (Wildman–Crippen LogP) is 0.115. The number of benzene rings is 1. The maximum absolute atomic E-state index is 13.2. The summed E-state index contributed by atoms with van der Waals surface area (Å²) in [6.07, 6.45) is 0. The molecule has 17 heavy (non-hydrogen) atoms. The second-order valence-corrected chi connectivity index (χ2v) is 3.37. The van der Waals surface area contributed by atoms with Crippen LogP contribution in [0.2, 0.25) is 0 Å². The molecule has 1 rings (SSSR count). The van der Waals surface area contributed by atoms with E-state index in [9.17, 15) is 14.0 Å². The molecular formula is C11H13FN2O3. The zero-order valence-electron chi connectivity index (χ0n) is 9.24. The number of aliphatic carboxylic acids is 1. The van der Waals surface area contributed by atoms with Gasteiger partial charge in [0.05, 0.1) is 0 Å². The van der Waals surface area contributed by atoms with Crippen molar-refractivity contribution in [3.63, 3.8) is 0 Å². The van der Waals surface area contributed by atoms with E-state index in [0.29, 0.717) is 5.56 Å². The van der Waals surface area contributed by atoms with Gasteiger partial charge in [-0.15, -0.1) is 0 Å². The number of likely N-dealkylation sites (N-methyl/N-ethyl adjacent to an activating group) is 1. The summed E-state index contributed by atoms with van der Waals surface area (Å²) in [6.45, 7) is -0.0447. The highest BCUT2D eigenvalue weighted by Gasteiger charge is 2.23. The van der Waals surface area contributed by atoms with Gasteiger partial charge in [-0.3, -0.25) is 10.1 Å². The Kier molecular flexibility index (Phi) is 4.59. The van der Waals surface area contributed by atoms with Crippen LogP contribution in [0.5, 0.6) is 0 Å². The van der Waals surface area contributed by atoms with Crippen LogP contribution in [0.4, 0.5) is 4.39 Å². The molecule has 0 fully saturated rings. The standard InChI is InChI=1S/C11H13FN2O3/c1-13-9(11(16)17)10(15)14-6-7-4-2-3-5-8(7)12/h2-5,9,13H,6H2,1H3,(H,14,15)(H,16,17). The minimum Gasteiger partial charge on any atom is -0.480 e. The number of amides is 1. The maximum Gasteiger partial charge on any atom is 0.330 e. The van der Waals surface area contributed by atoms with Gasteiger partial charge in [0, 0.05) is 12.1 Å². The zero-order valence-corrected chi connectivity index (χ0v) is 9.24. The second kappa shape index (κ2) is 5.95. The number of nitrogens with one attached hydrogen (secondary N) is 2. The minimum absolute atomic E-state index is 0.0447. The van der Waals surface area contributed by atoms with Gasteiger partial charge >= 0.3 is 5.97 Å². The number of carbonyl (C=O) groups is 2. The van der Waals surface area contributed by atoms with Crippen molar-refractivity contribution in [3.05, 3.63) is 35.6 Å². The molecule has 0 heterocycles. The lowest BCUT2D eigenvalue weighted by molar-refractivity contribution is -0.143. The molecule has 1 aromatic rings. The molecule has 6 heteroatoms. The fourth-order valence-electron chi connectivity index (χ4n) is 1.29. The Morgan fingerprint density at radius 2 is 2.06 bits per heavy atom. The van der Waals surface area contributed by atoms with Crippen molar-refractivity contribution in [1.29, 1.82) is 0 Å². The number of hydrogen-bond donors (Lipinski definition) is 3. The van der Waals surface area contributed by atoms with Crippen molar-refractivity contribution < 1.29 is 19.1 Å². The Bertz CT molecular complexity index is 423. The SMILES string of the molecule is CNC(C(=O)O)C(=O)NCc1ccccc1F. The summed E-state index contributed by atoms with van der Waals surface area (Å²) in [6, 6.07) is 4.63. The molecule has 0 aromatic heterocycles. The van der Waals surface area contributed by atoms with Crippen LogP contribution >= 0.6 is 0 Å². The van der Waals surface area contributed by atoms with Crippen LogP contribution in [-0.4, -0.2) is 30.1 Å². The van der Waals surface area contributed by atoms with Crippen molar-refractivity contribution in [2.45, 2.75) is 12.6 Å². The van der Waals surface area contributed by atoms with Gasteiger partial charge in [-0.25, -0.2) is 9.18 Å². The first kappa shape index (κ1) is 13.1. The van der Waals surface area contributed by atoms with Gasteiger partial charge in [0.25, 0.3) is 0 Å². The number of carboxylic acids is 1. The van der Waals surface area contributed by atoms with Gasteiger partial charge in [-0.1, -0.05) is 18.2 Å². The van der Waals surface area contributed by atoms with E-state index < -0.39 is 23.7 Å².